The lowest BCUT2D eigenvalue weighted by atomic mass is 10.1. The average molecular weight is 260 g/mol. The maximum atomic E-state index is 8.76. The molecule has 0 aliphatic carbocycles. The van der Waals surface area contributed by atoms with Crippen molar-refractivity contribution in [1.82, 2.24) is 9.97 Å². The van der Waals surface area contributed by atoms with Crippen LogP contribution in [0.1, 0.15) is 16.8 Å². The van der Waals surface area contributed by atoms with Crippen LogP contribution in [0, 0.1) is 25.2 Å². The van der Waals surface area contributed by atoms with Crippen LogP contribution in [0.4, 0.5) is 0 Å². The molecule has 0 N–H and O–H groups in total. The summed E-state index contributed by atoms with van der Waals surface area (Å²) in [6.07, 6.45) is 1.49. The highest BCUT2D eigenvalue weighted by atomic mass is 35.5. The van der Waals surface area contributed by atoms with Crippen LogP contribution in [-0.4, -0.2) is 9.97 Å². The van der Waals surface area contributed by atoms with Gasteiger partial charge in [0.25, 0.3) is 0 Å². The van der Waals surface area contributed by atoms with Crippen molar-refractivity contribution >= 4 is 11.6 Å². The van der Waals surface area contributed by atoms with Crippen molar-refractivity contribution in [1.29, 1.82) is 5.26 Å². The molecular formula is C13H10ClN3O. The Morgan fingerprint density at radius 3 is 2.56 bits per heavy atom. The number of hydrogen-bond donors (Lipinski definition) is 0. The van der Waals surface area contributed by atoms with Crippen molar-refractivity contribution in [3.63, 3.8) is 0 Å². The van der Waals surface area contributed by atoms with E-state index in [9.17, 15) is 0 Å². The van der Waals surface area contributed by atoms with Crippen molar-refractivity contribution in [3.05, 3.63) is 46.2 Å². The van der Waals surface area contributed by atoms with Gasteiger partial charge in [0.2, 0.25) is 0 Å². The molecular weight excluding hydrogens is 250 g/mol. The van der Waals surface area contributed by atoms with Gasteiger partial charge >= 0.3 is 6.01 Å². The van der Waals surface area contributed by atoms with Crippen LogP contribution < -0.4 is 4.74 Å². The zero-order chi connectivity index (χ0) is 13.1. The van der Waals surface area contributed by atoms with E-state index >= 15 is 0 Å². The summed E-state index contributed by atoms with van der Waals surface area (Å²) in [7, 11) is 0. The third kappa shape index (κ3) is 2.58. The van der Waals surface area contributed by atoms with Crippen LogP contribution in [0.3, 0.4) is 0 Å². The molecule has 2 aromatic rings. The van der Waals surface area contributed by atoms with Gasteiger partial charge in [-0.05, 0) is 43.2 Å². The topological polar surface area (TPSA) is 58.8 Å². The second-order valence-electron chi connectivity index (χ2n) is 3.81. The van der Waals surface area contributed by atoms with Gasteiger partial charge in [-0.3, -0.25) is 0 Å². The highest BCUT2D eigenvalue weighted by Gasteiger charge is 2.09. The summed E-state index contributed by atoms with van der Waals surface area (Å²) < 4.78 is 5.61. The lowest BCUT2D eigenvalue weighted by Crippen LogP contribution is -1.96. The maximum Gasteiger partial charge on any atom is 0.323 e. The van der Waals surface area contributed by atoms with E-state index < -0.39 is 0 Å². The molecule has 18 heavy (non-hydrogen) atoms. The van der Waals surface area contributed by atoms with Crippen molar-refractivity contribution in [2.45, 2.75) is 13.8 Å². The molecule has 5 heteroatoms. The highest BCUT2D eigenvalue weighted by molar-refractivity contribution is 6.30. The normalized spacial score (nSPS) is 9.89. The molecule has 4 nitrogen and oxygen atoms in total. The fourth-order valence-electron chi connectivity index (χ4n) is 1.60. The van der Waals surface area contributed by atoms with Gasteiger partial charge in [-0.15, -0.1) is 0 Å². The SMILES string of the molecule is Cc1cc(Cl)cc(C)c1Oc1nccc(C#N)n1. The van der Waals surface area contributed by atoms with Gasteiger partial charge < -0.3 is 4.74 Å². The largest absolute Gasteiger partial charge is 0.424 e. The first-order valence-corrected chi connectivity index (χ1v) is 5.65. The molecule has 0 bridgehead atoms. The van der Waals surface area contributed by atoms with E-state index in [1.165, 1.54) is 12.3 Å². The van der Waals surface area contributed by atoms with Crippen molar-refractivity contribution in [3.8, 4) is 17.8 Å². The highest BCUT2D eigenvalue weighted by Crippen LogP contribution is 2.29. The van der Waals surface area contributed by atoms with Crippen molar-refractivity contribution in [2.75, 3.05) is 0 Å². The van der Waals surface area contributed by atoms with Crippen LogP contribution in [0.5, 0.6) is 11.8 Å². The van der Waals surface area contributed by atoms with Gasteiger partial charge in [0, 0.05) is 11.2 Å². The standard InChI is InChI=1S/C13H10ClN3O/c1-8-5-10(14)6-9(2)12(8)18-13-16-4-3-11(7-15)17-13/h3-6H,1-2H3. The summed E-state index contributed by atoms with van der Waals surface area (Å²) in [6, 6.07) is 7.22. The van der Waals surface area contributed by atoms with Crippen LogP contribution >= 0.6 is 11.6 Å². The number of benzene rings is 1. The Morgan fingerprint density at radius 1 is 1.28 bits per heavy atom. The van der Waals surface area contributed by atoms with Crippen LogP contribution in [0.2, 0.25) is 5.02 Å². The van der Waals surface area contributed by atoms with Crippen molar-refractivity contribution < 1.29 is 4.74 Å². The first kappa shape index (κ1) is 12.3. The Morgan fingerprint density at radius 2 is 1.94 bits per heavy atom. The summed E-state index contributed by atoms with van der Waals surface area (Å²) in [5, 5.41) is 9.42. The first-order valence-electron chi connectivity index (χ1n) is 5.28. The van der Waals surface area contributed by atoms with Crippen LogP contribution in [-0.2, 0) is 0 Å². The van der Waals surface area contributed by atoms with Gasteiger partial charge in [0.15, 0.2) is 0 Å². The quantitative estimate of drug-likeness (QED) is 0.829. The predicted octanol–water partition coefficient (Wildman–Crippen LogP) is 3.41. The molecule has 1 aromatic heterocycles. The number of nitriles is 1. The Bertz CT molecular complexity index is 611. The molecule has 0 radical (unpaired) electrons. The second-order valence-corrected chi connectivity index (χ2v) is 4.24. The number of rotatable bonds is 2. The lowest BCUT2D eigenvalue weighted by Gasteiger charge is -2.10. The van der Waals surface area contributed by atoms with Crippen molar-refractivity contribution in [2.24, 2.45) is 0 Å². The Balaban J connectivity index is 2.37. The van der Waals surface area contributed by atoms with E-state index in [0.29, 0.717) is 10.8 Å². The molecule has 0 saturated carbocycles. The minimum Gasteiger partial charge on any atom is -0.424 e. The fraction of sp³-hybridized carbons (Fsp3) is 0.154. The Kier molecular flexibility index (Phi) is 3.45. The monoisotopic (exact) mass is 259 g/mol. The van der Waals surface area contributed by atoms with E-state index in [1.54, 1.807) is 12.1 Å². The molecule has 0 aliphatic heterocycles. The number of halogens is 1. The van der Waals surface area contributed by atoms with E-state index in [-0.39, 0.29) is 11.7 Å². The number of aromatic nitrogens is 2. The van der Waals surface area contributed by atoms with Crippen LogP contribution in [0.25, 0.3) is 0 Å². The minimum atomic E-state index is 0.155. The third-order valence-electron chi connectivity index (χ3n) is 2.37. The molecule has 90 valence electrons. The summed E-state index contributed by atoms with van der Waals surface area (Å²) in [4.78, 5) is 7.93. The zero-order valence-corrected chi connectivity index (χ0v) is 10.7. The fourth-order valence-corrected chi connectivity index (χ4v) is 1.93. The smallest absolute Gasteiger partial charge is 0.323 e. The second kappa shape index (κ2) is 5.03. The number of aryl methyl sites for hydroxylation is 2. The molecule has 0 atom stereocenters. The van der Waals surface area contributed by atoms with Gasteiger partial charge in [0.1, 0.15) is 17.5 Å². The molecule has 2 rings (SSSR count). The van der Waals surface area contributed by atoms with E-state index in [1.807, 2.05) is 19.9 Å². The van der Waals surface area contributed by atoms with Gasteiger partial charge in [-0.1, -0.05) is 11.6 Å². The number of nitrogens with zero attached hydrogens (tertiary/aromatic N) is 3. The summed E-state index contributed by atoms with van der Waals surface area (Å²) in [5.74, 6) is 0.662. The van der Waals surface area contributed by atoms with Gasteiger partial charge in [-0.25, -0.2) is 4.98 Å². The maximum absolute atomic E-state index is 8.76. The average Bonchev–Trinajstić information content (AvgIpc) is 2.34. The number of ether oxygens (including phenoxy) is 1. The van der Waals surface area contributed by atoms with E-state index in [4.69, 9.17) is 21.6 Å². The predicted molar refractivity (Wildman–Crippen MR) is 67.7 cm³/mol. The molecule has 0 unspecified atom stereocenters. The molecule has 0 saturated heterocycles. The Hall–Kier alpha value is -2.12. The van der Waals surface area contributed by atoms with E-state index in [2.05, 4.69) is 9.97 Å². The molecule has 0 spiro atoms. The van der Waals surface area contributed by atoms with Gasteiger partial charge in [0.05, 0.1) is 0 Å². The molecule has 1 heterocycles. The Labute approximate surface area is 110 Å². The molecule has 0 amide bonds. The summed E-state index contributed by atoms with van der Waals surface area (Å²) in [6.45, 7) is 3.78. The van der Waals surface area contributed by atoms with E-state index in [0.717, 1.165) is 11.1 Å². The molecule has 1 aromatic carbocycles. The minimum absolute atomic E-state index is 0.155. The zero-order valence-electron chi connectivity index (χ0n) is 9.94. The summed E-state index contributed by atoms with van der Waals surface area (Å²) in [5.41, 5.74) is 2.06. The van der Waals surface area contributed by atoms with Gasteiger partial charge in [-0.2, -0.15) is 10.2 Å². The number of hydrogen-bond acceptors (Lipinski definition) is 4. The molecule has 0 aliphatic rings. The molecule has 0 fully saturated rings. The third-order valence-corrected chi connectivity index (χ3v) is 2.58. The lowest BCUT2D eigenvalue weighted by molar-refractivity contribution is 0.435. The van der Waals surface area contributed by atoms with Crippen LogP contribution in [0.15, 0.2) is 24.4 Å². The first-order chi connectivity index (χ1) is 8.60. The summed E-state index contributed by atoms with van der Waals surface area (Å²) >= 11 is 5.94.